The first-order valence-corrected chi connectivity index (χ1v) is 6.92. The van der Waals surface area contributed by atoms with Crippen LogP contribution in [-0.2, 0) is 0 Å². The molecule has 0 amide bonds. The number of rotatable bonds is 3. The molecule has 0 bridgehead atoms. The molecule has 0 aromatic carbocycles. The van der Waals surface area contributed by atoms with Gasteiger partial charge in [-0.3, -0.25) is 0 Å². The third kappa shape index (κ3) is 2.64. The molecule has 0 aliphatic carbocycles. The van der Waals surface area contributed by atoms with Gasteiger partial charge >= 0.3 is 5.97 Å². The summed E-state index contributed by atoms with van der Waals surface area (Å²) < 4.78 is 0. The van der Waals surface area contributed by atoms with Gasteiger partial charge < -0.3 is 14.9 Å². The van der Waals surface area contributed by atoms with E-state index in [1.165, 1.54) is 17.8 Å². The summed E-state index contributed by atoms with van der Waals surface area (Å²) in [7, 11) is 4.17. The molecule has 1 aliphatic rings. The van der Waals surface area contributed by atoms with Crippen molar-refractivity contribution in [2.75, 3.05) is 32.1 Å². The number of nitrogens with zero attached hydrogens (tertiary/aromatic N) is 3. The molecule has 1 fully saturated rings. The number of aryl methyl sites for hydroxylation is 1. The molecule has 1 saturated heterocycles. The number of hydrogen-bond donors (Lipinski definition) is 1. The third-order valence-electron chi connectivity index (χ3n) is 3.39. The smallest absolute Gasteiger partial charge is 0.355 e. The highest BCUT2D eigenvalue weighted by atomic mass is 32.1. The van der Waals surface area contributed by atoms with Crippen molar-refractivity contribution in [1.82, 2.24) is 9.88 Å². The summed E-state index contributed by atoms with van der Waals surface area (Å²) in [4.78, 5) is 20.5. The number of aromatic carboxylic acids is 1. The number of carbonyl (C=O) groups is 1. The normalized spacial score (nSPS) is 20.4. The van der Waals surface area contributed by atoms with E-state index in [1.54, 1.807) is 0 Å². The van der Waals surface area contributed by atoms with Crippen molar-refractivity contribution in [3.05, 3.63) is 10.6 Å². The zero-order valence-electron chi connectivity index (χ0n) is 11.0. The van der Waals surface area contributed by atoms with Crippen molar-refractivity contribution in [3.63, 3.8) is 0 Å². The molecule has 2 heterocycles. The Morgan fingerprint density at radius 1 is 1.56 bits per heavy atom. The van der Waals surface area contributed by atoms with Crippen LogP contribution in [0.3, 0.4) is 0 Å². The Morgan fingerprint density at radius 3 is 2.83 bits per heavy atom. The van der Waals surface area contributed by atoms with Gasteiger partial charge in [0.15, 0.2) is 10.8 Å². The summed E-state index contributed by atoms with van der Waals surface area (Å²) in [6, 6.07) is 0.524. The number of anilines is 1. The molecule has 5 nitrogen and oxygen atoms in total. The lowest BCUT2D eigenvalue weighted by molar-refractivity contribution is 0.0690. The zero-order valence-corrected chi connectivity index (χ0v) is 11.8. The van der Waals surface area contributed by atoms with E-state index in [1.807, 2.05) is 6.92 Å². The highest BCUT2D eigenvalue weighted by molar-refractivity contribution is 7.15. The van der Waals surface area contributed by atoms with Gasteiger partial charge in [0.2, 0.25) is 0 Å². The SMILES string of the molecule is Cc1sc(N2CCCC(N(C)C)C2)nc1C(=O)O. The summed E-state index contributed by atoms with van der Waals surface area (Å²) in [6.45, 7) is 3.72. The van der Waals surface area contributed by atoms with Crippen LogP contribution in [0.5, 0.6) is 0 Å². The van der Waals surface area contributed by atoms with Crippen molar-refractivity contribution in [3.8, 4) is 0 Å². The van der Waals surface area contributed by atoms with Gasteiger partial charge in [0, 0.05) is 24.0 Å². The molecule has 1 N–H and O–H groups in total. The van der Waals surface area contributed by atoms with Gasteiger partial charge in [0.05, 0.1) is 0 Å². The van der Waals surface area contributed by atoms with Crippen LogP contribution >= 0.6 is 11.3 Å². The summed E-state index contributed by atoms with van der Waals surface area (Å²) in [6.07, 6.45) is 2.32. The van der Waals surface area contributed by atoms with E-state index in [-0.39, 0.29) is 5.69 Å². The summed E-state index contributed by atoms with van der Waals surface area (Å²) in [5.41, 5.74) is 0.196. The molecular formula is C12H19N3O2S. The number of carboxylic acids is 1. The van der Waals surface area contributed by atoms with Crippen LogP contribution in [0.25, 0.3) is 0 Å². The molecule has 1 aromatic rings. The highest BCUT2D eigenvalue weighted by Crippen LogP contribution is 2.28. The third-order valence-corrected chi connectivity index (χ3v) is 4.42. The lowest BCUT2D eigenvalue weighted by Gasteiger charge is -2.35. The average Bonchev–Trinajstić information content (AvgIpc) is 2.71. The largest absolute Gasteiger partial charge is 0.476 e. The minimum absolute atomic E-state index is 0.196. The highest BCUT2D eigenvalue weighted by Gasteiger charge is 2.25. The van der Waals surface area contributed by atoms with E-state index in [0.717, 1.165) is 29.5 Å². The molecule has 0 radical (unpaired) electrons. The predicted octanol–water partition coefficient (Wildman–Crippen LogP) is 1.68. The first-order valence-electron chi connectivity index (χ1n) is 6.11. The summed E-state index contributed by atoms with van der Waals surface area (Å²) in [5, 5.41) is 9.88. The minimum atomic E-state index is -0.934. The fourth-order valence-corrected chi connectivity index (χ4v) is 3.20. The van der Waals surface area contributed by atoms with E-state index >= 15 is 0 Å². The molecule has 1 aromatic heterocycles. The molecule has 1 aliphatic heterocycles. The van der Waals surface area contributed by atoms with E-state index in [2.05, 4.69) is 28.9 Å². The topological polar surface area (TPSA) is 56.7 Å². The number of piperidine rings is 1. The number of likely N-dealkylation sites (N-methyl/N-ethyl adjacent to an activating group) is 1. The maximum atomic E-state index is 11.0. The number of aromatic nitrogens is 1. The van der Waals surface area contributed by atoms with Crippen LogP contribution in [0.1, 0.15) is 28.2 Å². The van der Waals surface area contributed by atoms with Crippen molar-refractivity contribution >= 4 is 22.4 Å². The first kappa shape index (κ1) is 13.3. The Morgan fingerprint density at radius 2 is 2.28 bits per heavy atom. The van der Waals surface area contributed by atoms with Crippen LogP contribution in [0.2, 0.25) is 0 Å². The first-order chi connectivity index (χ1) is 8.49. The molecule has 0 saturated carbocycles. The van der Waals surface area contributed by atoms with Crippen molar-refractivity contribution in [2.24, 2.45) is 0 Å². The van der Waals surface area contributed by atoms with E-state index in [9.17, 15) is 4.79 Å². The predicted molar refractivity (Wildman–Crippen MR) is 72.7 cm³/mol. The maximum absolute atomic E-state index is 11.0. The fraction of sp³-hybridized carbons (Fsp3) is 0.667. The second kappa shape index (κ2) is 5.24. The molecule has 18 heavy (non-hydrogen) atoms. The van der Waals surface area contributed by atoms with E-state index < -0.39 is 5.97 Å². The minimum Gasteiger partial charge on any atom is -0.476 e. The van der Waals surface area contributed by atoms with Gasteiger partial charge in [-0.1, -0.05) is 0 Å². The Labute approximate surface area is 111 Å². The Bertz CT molecular complexity index is 445. The molecule has 2 rings (SSSR count). The summed E-state index contributed by atoms with van der Waals surface area (Å²) in [5.74, 6) is -0.934. The quantitative estimate of drug-likeness (QED) is 0.904. The van der Waals surface area contributed by atoms with Crippen LogP contribution in [0.15, 0.2) is 0 Å². The Hall–Kier alpha value is -1.14. The Balaban J connectivity index is 2.16. The molecule has 6 heteroatoms. The molecule has 1 atom stereocenters. The number of carboxylic acid groups (broad SMARTS) is 1. The van der Waals surface area contributed by atoms with Crippen LogP contribution in [0.4, 0.5) is 5.13 Å². The molecular weight excluding hydrogens is 250 g/mol. The molecule has 1 unspecified atom stereocenters. The van der Waals surface area contributed by atoms with Gasteiger partial charge in [-0.15, -0.1) is 11.3 Å². The number of thiazole rings is 1. The second-order valence-electron chi connectivity index (χ2n) is 4.91. The van der Waals surface area contributed by atoms with Gasteiger partial charge in [0.25, 0.3) is 0 Å². The Kier molecular flexibility index (Phi) is 3.87. The maximum Gasteiger partial charge on any atom is 0.355 e. The standard InChI is InChI=1S/C12H19N3O2S/c1-8-10(11(16)17)13-12(18-8)15-6-4-5-9(7-15)14(2)3/h9H,4-7H2,1-3H3,(H,16,17). The molecule has 0 spiro atoms. The van der Waals surface area contributed by atoms with Gasteiger partial charge in [-0.05, 0) is 33.9 Å². The monoisotopic (exact) mass is 269 g/mol. The van der Waals surface area contributed by atoms with Crippen molar-refractivity contribution < 1.29 is 9.90 Å². The lowest BCUT2D eigenvalue weighted by atomic mass is 10.1. The zero-order chi connectivity index (χ0) is 13.3. The fourth-order valence-electron chi connectivity index (χ4n) is 2.27. The second-order valence-corrected chi connectivity index (χ2v) is 6.09. The van der Waals surface area contributed by atoms with Crippen LogP contribution in [0, 0.1) is 6.92 Å². The number of hydrogen-bond acceptors (Lipinski definition) is 5. The lowest BCUT2D eigenvalue weighted by Crippen LogP contribution is -2.45. The van der Waals surface area contributed by atoms with Crippen LogP contribution in [-0.4, -0.2) is 54.2 Å². The average molecular weight is 269 g/mol. The van der Waals surface area contributed by atoms with Crippen molar-refractivity contribution in [1.29, 1.82) is 0 Å². The van der Waals surface area contributed by atoms with Crippen molar-refractivity contribution in [2.45, 2.75) is 25.8 Å². The molecule has 100 valence electrons. The summed E-state index contributed by atoms with van der Waals surface area (Å²) >= 11 is 1.48. The van der Waals surface area contributed by atoms with Crippen LogP contribution < -0.4 is 4.90 Å². The van der Waals surface area contributed by atoms with Gasteiger partial charge in [-0.2, -0.15) is 0 Å². The van der Waals surface area contributed by atoms with E-state index in [4.69, 9.17) is 5.11 Å². The van der Waals surface area contributed by atoms with Gasteiger partial charge in [-0.25, -0.2) is 9.78 Å². The van der Waals surface area contributed by atoms with Gasteiger partial charge in [0.1, 0.15) is 0 Å². The van der Waals surface area contributed by atoms with E-state index in [0.29, 0.717) is 6.04 Å².